The summed E-state index contributed by atoms with van der Waals surface area (Å²) in [5.74, 6) is -0.675. The van der Waals surface area contributed by atoms with Crippen LogP contribution in [-0.4, -0.2) is 72.1 Å². The van der Waals surface area contributed by atoms with E-state index >= 15 is 4.79 Å². The maximum absolute atomic E-state index is 15.2. The highest BCUT2D eigenvalue weighted by atomic mass is 16.3. The minimum atomic E-state index is -1.34. The van der Waals surface area contributed by atoms with Crippen LogP contribution in [0.1, 0.15) is 43.0 Å². The zero-order chi connectivity index (χ0) is 38.9. The number of urea groups is 1. The molecule has 7 rings (SSSR count). The third-order valence-electron chi connectivity index (χ3n) is 9.93. The number of rotatable bonds is 12. The lowest BCUT2D eigenvalue weighted by Crippen LogP contribution is -2.50. The van der Waals surface area contributed by atoms with Gasteiger partial charge in [-0.2, -0.15) is 0 Å². The second-order valence-electron chi connectivity index (χ2n) is 13.8. The number of hydrogen-bond donors (Lipinski definition) is 4. The van der Waals surface area contributed by atoms with Crippen LogP contribution in [0.25, 0.3) is 0 Å². The van der Waals surface area contributed by atoms with Gasteiger partial charge in [-0.15, -0.1) is 0 Å². The summed E-state index contributed by atoms with van der Waals surface area (Å²) in [6, 6.07) is 38.0. The average Bonchev–Trinajstić information content (AvgIpc) is 3.29. The lowest BCUT2D eigenvalue weighted by molar-refractivity contribution is -0.0408. The number of carbonyl (C=O) groups is 3. The molecule has 4 N–H and O–H groups in total. The molecule has 4 amide bonds. The Labute approximate surface area is 325 Å². The number of nitrogens with one attached hydrogen (secondary N) is 2. The first-order valence-corrected chi connectivity index (χ1v) is 18.4. The fraction of sp³-hybridized carbons (Fsp3) is 0.178. The standard InChI is InChI=1S/C45H42N6O5/c52-41-39(25-31-11-3-1-4-12-31)50(29-33-15-7-17-35(23-33)43(54)48-37-19-9-21-46-27-37)45(56)51(40(42(41)53)26-32-13-5-2-6-14-32)30-34-16-8-18-36(24-34)44(55)49-38-20-10-22-47-28-38/h1-24,27-28,39-42,52-53H,25-26,29-30H2,(H,48,54)(H,49,55)/t39-,40-,41+,42+/m1/s1. The highest BCUT2D eigenvalue weighted by molar-refractivity contribution is 6.05. The molecule has 2 aromatic heterocycles. The molecule has 6 aromatic rings. The molecule has 0 bridgehead atoms. The Balaban J connectivity index is 1.25. The van der Waals surface area contributed by atoms with Gasteiger partial charge in [-0.05, 0) is 83.6 Å². The summed E-state index contributed by atoms with van der Waals surface area (Å²) in [6.07, 6.45) is 4.21. The first kappa shape index (κ1) is 37.6. The number of aliphatic hydroxyl groups is 2. The second kappa shape index (κ2) is 17.6. The Hall–Kier alpha value is -6.69. The highest BCUT2D eigenvalue weighted by Crippen LogP contribution is 2.30. The number of aromatic nitrogens is 2. The minimum absolute atomic E-state index is 0.0379. The van der Waals surface area contributed by atoms with Gasteiger partial charge >= 0.3 is 6.03 Å². The van der Waals surface area contributed by atoms with E-state index in [0.717, 1.165) is 11.1 Å². The fourth-order valence-electron chi connectivity index (χ4n) is 7.11. The van der Waals surface area contributed by atoms with E-state index in [9.17, 15) is 19.8 Å². The van der Waals surface area contributed by atoms with E-state index in [1.165, 1.54) is 0 Å². The number of amides is 4. The molecule has 4 atom stereocenters. The molecule has 1 aliphatic heterocycles. The number of hydrogen-bond acceptors (Lipinski definition) is 7. The quantitative estimate of drug-likeness (QED) is 0.114. The van der Waals surface area contributed by atoms with E-state index in [4.69, 9.17) is 0 Å². The fourth-order valence-corrected chi connectivity index (χ4v) is 7.11. The van der Waals surface area contributed by atoms with Crippen molar-refractivity contribution in [3.8, 4) is 0 Å². The van der Waals surface area contributed by atoms with E-state index in [1.807, 2.05) is 72.8 Å². The first-order chi connectivity index (χ1) is 27.3. The third-order valence-corrected chi connectivity index (χ3v) is 9.93. The molecule has 0 saturated carbocycles. The van der Waals surface area contributed by atoms with Gasteiger partial charge in [-0.1, -0.05) is 84.9 Å². The van der Waals surface area contributed by atoms with Crippen LogP contribution in [0.3, 0.4) is 0 Å². The van der Waals surface area contributed by atoms with Crippen LogP contribution in [-0.2, 0) is 25.9 Å². The van der Waals surface area contributed by atoms with Gasteiger partial charge in [0.2, 0.25) is 0 Å². The Morgan fingerprint density at radius 2 is 0.946 bits per heavy atom. The monoisotopic (exact) mass is 746 g/mol. The Bertz CT molecular complexity index is 2090. The van der Waals surface area contributed by atoms with Crippen molar-refractivity contribution in [2.75, 3.05) is 10.6 Å². The molecule has 0 radical (unpaired) electrons. The number of benzene rings is 4. The highest BCUT2D eigenvalue weighted by Gasteiger charge is 2.46. The molecule has 1 aliphatic rings. The molecule has 11 nitrogen and oxygen atoms in total. The van der Waals surface area contributed by atoms with Crippen molar-refractivity contribution in [2.45, 2.75) is 50.2 Å². The summed E-state index contributed by atoms with van der Waals surface area (Å²) < 4.78 is 0. The van der Waals surface area contributed by atoms with Crippen LogP contribution in [0.2, 0.25) is 0 Å². The van der Waals surface area contributed by atoms with Crippen LogP contribution in [0, 0.1) is 0 Å². The topological polar surface area (TPSA) is 148 Å². The summed E-state index contributed by atoms with van der Waals surface area (Å²) in [5, 5.41) is 30.0. The molecule has 0 spiro atoms. The number of nitrogens with zero attached hydrogens (tertiary/aromatic N) is 4. The van der Waals surface area contributed by atoms with Crippen molar-refractivity contribution >= 4 is 29.2 Å². The second-order valence-corrected chi connectivity index (χ2v) is 13.8. The van der Waals surface area contributed by atoms with E-state index in [1.54, 1.807) is 95.3 Å². The Morgan fingerprint density at radius 3 is 1.34 bits per heavy atom. The smallest absolute Gasteiger partial charge is 0.321 e. The lowest BCUT2D eigenvalue weighted by atomic mass is 9.90. The molecule has 56 heavy (non-hydrogen) atoms. The van der Waals surface area contributed by atoms with E-state index in [0.29, 0.717) is 33.6 Å². The maximum atomic E-state index is 15.2. The van der Waals surface area contributed by atoms with Crippen LogP contribution < -0.4 is 10.6 Å². The minimum Gasteiger partial charge on any atom is -0.388 e. The van der Waals surface area contributed by atoms with Crippen LogP contribution in [0.4, 0.5) is 16.2 Å². The van der Waals surface area contributed by atoms with Crippen LogP contribution >= 0.6 is 0 Å². The third kappa shape index (κ3) is 9.15. The first-order valence-electron chi connectivity index (χ1n) is 18.4. The average molecular weight is 747 g/mol. The molecule has 4 aromatic carbocycles. The number of carbonyl (C=O) groups excluding carboxylic acids is 3. The Morgan fingerprint density at radius 1 is 0.536 bits per heavy atom. The van der Waals surface area contributed by atoms with Crippen molar-refractivity contribution < 1.29 is 24.6 Å². The van der Waals surface area contributed by atoms with Crippen molar-refractivity contribution in [1.82, 2.24) is 19.8 Å². The van der Waals surface area contributed by atoms with E-state index in [-0.39, 0.29) is 37.7 Å². The zero-order valence-corrected chi connectivity index (χ0v) is 30.6. The number of pyridine rings is 2. The lowest BCUT2D eigenvalue weighted by Gasteiger charge is -2.36. The summed E-state index contributed by atoms with van der Waals surface area (Å²) in [6.45, 7) is 0.0759. The molecule has 3 heterocycles. The summed E-state index contributed by atoms with van der Waals surface area (Å²) >= 11 is 0. The number of aliphatic hydroxyl groups excluding tert-OH is 2. The van der Waals surface area contributed by atoms with Gasteiger partial charge < -0.3 is 30.6 Å². The van der Waals surface area contributed by atoms with Crippen molar-refractivity contribution in [2.24, 2.45) is 0 Å². The molecular weight excluding hydrogens is 705 g/mol. The maximum Gasteiger partial charge on any atom is 0.321 e. The van der Waals surface area contributed by atoms with E-state index < -0.39 is 30.3 Å². The van der Waals surface area contributed by atoms with Gasteiger partial charge in [-0.25, -0.2) is 4.79 Å². The molecule has 0 unspecified atom stereocenters. The van der Waals surface area contributed by atoms with Gasteiger partial charge in [0.15, 0.2) is 0 Å². The Kier molecular flexibility index (Phi) is 11.8. The predicted octanol–water partition coefficient (Wildman–Crippen LogP) is 6.36. The molecule has 11 heteroatoms. The summed E-state index contributed by atoms with van der Waals surface area (Å²) in [4.78, 5) is 53.2. The van der Waals surface area contributed by atoms with Crippen molar-refractivity contribution in [3.05, 3.63) is 192 Å². The van der Waals surface area contributed by atoms with Gasteiger partial charge in [0.1, 0.15) is 12.2 Å². The molecule has 0 aliphatic carbocycles. The molecule has 282 valence electrons. The predicted molar refractivity (Wildman–Crippen MR) is 214 cm³/mol. The van der Waals surface area contributed by atoms with Gasteiger partial charge in [0.25, 0.3) is 11.8 Å². The largest absolute Gasteiger partial charge is 0.388 e. The molecule has 1 saturated heterocycles. The molecule has 1 fully saturated rings. The van der Waals surface area contributed by atoms with Crippen molar-refractivity contribution in [1.29, 1.82) is 0 Å². The zero-order valence-electron chi connectivity index (χ0n) is 30.6. The van der Waals surface area contributed by atoms with Gasteiger partial charge in [-0.3, -0.25) is 19.6 Å². The molecular formula is C45H42N6O5. The normalized spacial score (nSPS) is 18.2. The summed E-state index contributed by atoms with van der Waals surface area (Å²) in [5.41, 5.74) is 4.94. The van der Waals surface area contributed by atoms with E-state index in [2.05, 4.69) is 20.6 Å². The van der Waals surface area contributed by atoms with Crippen LogP contribution in [0.15, 0.2) is 158 Å². The van der Waals surface area contributed by atoms with Gasteiger partial charge in [0, 0.05) is 36.6 Å². The SMILES string of the molecule is O=C(Nc1cccnc1)c1cccc(CN2C(=O)N(Cc3cccc(C(=O)Nc4cccnc4)c3)[C@H](Cc3ccccc3)[C@H](O)[C@@H](O)[C@H]2Cc2ccccc2)c1. The van der Waals surface area contributed by atoms with Crippen molar-refractivity contribution in [3.63, 3.8) is 0 Å². The summed E-state index contributed by atoms with van der Waals surface area (Å²) in [7, 11) is 0. The number of anilines is 2. The van der Waals surface area contributed by atoms with Gasteiger partial charge in [0.05, 0.1) is 35.9 Å². The van der Waals surface area contributed by atoms with Crippen LogP contribution in [0.5, 0.6) is 0 Å².